The maximum Gasteiger partial charge on any atom is 0.305 e. The van der Waals surface area contributed by atoms with E-state index in [2.05, 4.69) is 36.4 Å². The molecule has 1 heterocycles. The zero-order valence-electron chi connectivity index (χ0n) is 32.5. The average molecular weight is 759 g/mol. The van der Waals surface area contributed by atoms with Gasteiger partial charge in [0.25, 0.3) is 0 Å². The van der Waals surface area contributed by atoms with Gasteiger partial charge in [-0.1, -0.05) is 121 Å². The van der Waals surface area contributed by atoms with Crippen LogP contribution in [-0.2, 0) is 54.9 Å². The van der Waals surface area contributed by atoms with Crippen LogP contribution in [0.5, 0.6) is 11.5 Å². The van der Waals surface area contributed by atoms with Crippen LogP contribution in [0.3, 0.4) is 0 Å². The minimum Gasteiger partial charge on any atom is -0.493 e. The minimum atomic E-state index is -0.570. The third kappa shape index (κ3) is 12.3. The Bertz CT molecular complexity index is 1850. The van der Waals surface area contributed by atoms with Gasteiger partial charge >= 0.3 is 5.97 Å². The molecule has 5 atom stereocenters. The van der Waals surface area contributed by atoms with Gasteiger partial charge in [0.05, 0.1) is 39.1 Å². The molecule has 0 radical (unpaired) electrons. The van der Waals surface area contributed by atoms with E-state index in [1.807, 2.05) is 117 Å². The molecule has 6 rings (SSSR count). The average Bonchev–Trinajstić information content (AvgIpc) is 3.24. The molecule has 8 nitrogen and oxygen atoms in total. The first-order valence-corrected chi connectivity index (χ1v) is 19.8. The molecule has 56 heavy (non-hydrogen) atoms. The molecule has 0 saturated carbocycles. The van der Waals surface area contributed by atoms with Crippen LogP contribution in [0.4, 0.5) is 0 Å². The summed E-state index contributed by atoms with van der Waals surface area (Å²) >= 11 is 0. The maximum atomic E-state index is 11.9. The van der Waals surface area contributed by atoms with Crippen molar-refractivity contribution < 1.29 is 38.0 Å². The van der Waals surface area contributed by atoms with E-state index in [9.17, 15) is 4.79 Å². The Hall–Kier alpha value is -4.99. The number of esters is 1. The molecule has 5 aromatic carbocycles. The standard InChI is InChI=1S/C48H54O8/c1-3-50-44(49)27-17-8-18-30-51-43-31-41(52-32-37-19-9-4-10-20-37)28-29-42(43)46-48(55-35-40-25-15-7-16-26-40)47(54-34-39-23-13-6-14-24-39)45(36(2)56-46)53-33-38-21-11-5-12-22-38/h4-7,9-16,19-26,28-29,31,36,45-48H,3,8,17-18,27,30,32-35H2,1-2H3/t36-,45+,46+,47+,48+/m0/s1. The summed E-state index contributed by atoms with van der Waals surface area (Å²) < 4.78 is 45.4. The molecule has 1 fully saturated rings. The second-order valence-corrected chi connectivity index (χ2v) is 14.0. The number of hydrogen-bond acceptors (Lipinski definition) is 8. The first-order chi connectivity index (χ1) is 27.6. The van der Waals surface area contributed by atoms with Gasteiger partial charge in [-0.25, -0.2) is 0 Å². The first kappa shape index (κ1) is 40.7. The summed E-state index contributed by atoms with van der Waals surface area (Å²) in [7, 11) is 0. The Kier molecular flexibility index (Phi) is 15.9. The Labute approximate surface area is 331 Å². The van der Waals surface area contributed by atoms with Crippen molar-refractivity contribution >= 4 is 5.97 Å². The highest BCUT2D eigenvalue weighted by molar-refractivity contribution is 5.69. The van der Waals surface area contributed by atoms with Crippen molar-refractivity contribution in [3.8, 4) is 11.5 Å². The maximum absolute atomic E-state index is 11.9. The van der Waals surface area contributed by atoms with Crippen molar-refractivity contribution in [2.24, 2.45) is 0 Å². The van der Waals surface area contributed by atoms with E-state index in [1.54, 1.807) is 0 Å². The predicted molar refractivity (Wildman–Crippen MR) is 216 cm³/mol. The van der Waals surface area contributed by atoms with Crippen LogP contribution in [0, 0.1) is 0 Å². The molecular formula is C48H54O8. The second-order valence-electron chi connectivity index (χ2n) is 14.0. The predicted octanol–water partition coefficient (Wildman–Crippen LogP) is 9.98. The lowest BCUT2D eigenvalue weighted by Crippen LogP contribution is -2.56. The van der Waals surface area contributed by atoms with Crippen molar-refractivity contribution in [2.45, 2.75) is 96.5 Å². The molecule has 0 aliphatic carbocycles. The topological polar surface area (TPSA) is 81.7 Å². The van der Waals surface area contributed by atoms with Crippen LogP contribution in [0.25, 0.3) is 0 Å². The quantitative estimate of drug-likeness (QED) is 0.0541. The molecule has 0 aromatic heterocycles. The zero-order valence-corrected chi connectivity index (χ0v) is 32.5. The van der Waals surface area contributed by atoms with Gasteiger partial charge < -0.3 is 33.2 Å². The fourth-order valence-corrected chi connectivity index (χ4v) is 6.83. The molecule has 0 bridgehead atoms. The van der Waals surface area contributed by atoms with Gasteiger partial charge in [0.2, 0.25) is 0 Å². The monoisotopic (exact) mass is 758 g/mol. The van der Waals surface area contributed by atoms with Gasteiger partial charge in [-0.15, -0.1) is 0 Å². The third-order valence-corrected chi connectivity index (χ3v) is 9.75. The molecular weight excluding hydrogens is 705 g/mol. The fourth-order valence-electron chi connectivity index (χ4n) is 6.83. The summed E-state index contributed by atoms with van der Waals surface area (Å²) in [6.07, 6.45) is 0.301. The van der Waals surface area contributed by atoms with E-state index in [1.165, 1.54) is 0 Å². The van der Waals surface area contributed by atoms with Gasteiger partial charge in [-0.05, 0) is 67.5 Å². The smallest absolute Gasteiger partial charge is 0.305 e. The highest BCUT2D eigenvalue weighted by atomic mass is 16.6. The highest BCUT2D eigenvalue weighted by Crippen LogP contribution is 2.42. The van der Waals surface area contributed by atoms with E-state index in [0.717, 1.165) is 47.1 Å². The first-order valence-electron chi connectivity index (χ1n) is 19.8. The van der Waals surface area contributed by atoms with Gasteiger partial charge in [-0.2, -0.15) is 0 Å². The molecule has 294 valence electrons. The molecule has 0 spiro atoms. The zero-order chi connectivity index (χ0) is 38.8. The van der Waals surface area contributed by atoms with Gasteiger partial charge in [0, 0.05) is 18.1 Å². The highest BCUT2D eigenvalue weighted by Gasteiger charge is 2.48. The molecule has 0 amide bonds. The van der Waals surface area contributed by atoms with Crippen molar-refractivity contribution in [1.29, 1.82) is 0 Å². The lowest BCUT2D eigenvalue weighted by molar-refractivity contribution is -0.264. The number of carbonyl (C=O) groups is 1. The summed E-state index contributed by atoms with van der Waals surface area (Å²) in [4.78, 5) is 11.9. The largest absolute Gasteiger partial charge is 0.493 e. The number of carbonyl (C=O) groups excluding carboxylic acids is 1. The molecule has 0 N–H and O–H groups in total. The fraction of sp³-hybridized carbons (Fsp3) is 0.354. The van der Waals surface area contributed by atoms with E-state index in [4.69, 9.17) is 33.2 Å². The molecule has 1 saturated heterocycles. The Balaban J connectivity index is 1.30. The van der Waals surface area contributed by atoms with Gasteiger partial charge in [0.15, 0.2) is 0 Å². The van der Waals surface area contributed by atoms with Crippen molar-refractivity contribution in [2.75, 3.05) is 13.2 Å². The summed E-state index contributed by atoms with van der Waals surface area (Å²) in [6, 6.07) is 46.4. The summed E-state index contributed by atoms with van der Waals surface area (Å²) in [5.41, 5.74) is 5.06. The summed E-state index contributed by atoms with van der Waals surface area (Å²) in [5.74, 6) is 1.16. The number of benzene rings is 5. The minimum absolute atomic E-state index is 0.167. The Morgan fingerprint density at radius 3 is 1.64 bits per heavy atom. The van der Waals surface area contributed by atoms with Crippen molar-refractivity contribution in [3.63, 3.8) is 0 Å². The van der Waals surface area contributed by atoms with Gasteiger partial charge in [-0.3, -0.25) is 4.79 Å². The van der Waals surface area contributed by atoms with E-state index in [-0.39, 0.29) is 12.1 Å². The number of unbranched alkanes of at least 4 members (excludes halogenated alkanes) is 2. The lowest BCUT2D eigenvalue weighted by atomic mass is 9.90. The molecule has 1 aliphatic rings. The van der Waals surface area contributed by atoms with Crippen LogP contribution in [-0.4, -0.2) is 43.6 Å². The molecule has 8 heteroatoms. The van der Waals surface area contributed by atoms with Crippen molar-refractivity contribution in [1.82, 2.24) is 0 Å². The van der Waals surface area contributed by atoms with Crippen molar-refractivity contribution in [3.05, 3.63) is 167 Å². The normalized spacial score (nSPS) is 19.3. The Morgan fingerprint density at radius 1 is 0.571 bits per heavy atom. The summed E-state index contributed by atoms with van der Waals surface area (Å²) in [5, 5.41) is 0. The van der Waals surface area contributed by atoms with Crippen LogP contribution in [0.1, 0.15) is 73.5 Å². The van der Waals surface area contributed by atoms with Crippen LogP contribution in [0.15, 0.2) is 140 Å². The van der Waals surface area contributed by atoms with Crippen LogP contribution < -0.4 is 9.47 Å². The second kappa shape index (κ2) is 21.9. The molecule has 5 aromatic rings. The molecule has 1 aliphatic heterocycles. The SMILES string of the molecule is CCOC(=O)CCCCCOc1cc(OCc2ccccc2)ccc1[C@H]1O[C@@H](C)[C@@H](OCc2ccccc2)[C@@H](OCc2ccccc2)[C@@H]1OCc1ccccc1. The third-order valence-electron chi connectivity index (χ3n) is 9.75. The van der Waals surface area contributed by atoms with Crippen LogP contribution >= 0.6 is 0 Å². The van der Waals surface area contributed by atoms with Crippen LogP contribution in [0.2, 0.25) is 0 Å². The van der Waals surface area contributed by atoms with E-state index >= 15 is 0 Å². The summed E-state index contributed by atoms with van der Waals surface area (Å²) in [6.45, 7) is 6.26. The van der Waals surface area contributed by atoms with Gasteiger partial charge in [0.1, 0.15) is 42.5 Å². The van der Waals surface area contributed by atoms with E-state index in [0.29, 0.717) is 57.6 Å². The number of hydrogen-bond donors (Lipinski definition) is 0. The molecule has 0 unspecified atom stereocenters. The number of rotatable bonds is 21. The van der Waals surface area contributed by atoms with E-state index < -0.39 is 24.4 Å². The Morgan fingerprint density at radius 2 is 1.09 bits per heavy atom. The number of ether oxygens (including phenoxy) is 7. The lowest BCUT2D eigenvalue weighted by Gasteiger charge is -2.46.